The van der Waals surface area contributed by atoms with E-state index >= 15 is 0 Å². The van der Waals surface area contributed by atoms with Crippen molar-refractivity contribution >= 4 is 5.69 Å². The van der Waals surface area contributed by atoms with Gasteiger partial charge >= 0.3 is 0 Å². The smallest absolute Gasteiger partial charge is 0.163 e. The van der Waals surface area contributed by atoms with Crippen LogP contribution in [0.5, 0.6) is 0 Å². The van der Waals surface area contributed by atoms with Gasteiger partial charge in [-0.3, -0.25) is 0 Å². The summed E-state index contributed by atoms with van der Waals surface area (Å²) in [7, 11) is 0. The first-order valence-electron chi connectivity index (χ1n) is 4.62. The van der Waals surface area contributed by atoms with E-state index in [1.54, 1.807) is 6.20 Å². The van der Waals surface area contributed by atoms with Crippen LogP contribution in [0.15, 0.2) is 30.5 Å². The van der Waals surface area contributed by atoms with Crippen molar-refractivity contribution in [1.29, 1.82) is 5.26 Å². The quantitative estimate of drug-likeness (QED) is 0.736. The molecule has 0 radical (unpaired) electrons. The van der Waals surface area contributed by atoms with Crippen molar-refractivity contribution in [3.05, 3.63) is 36.2 Å². The van der Waals surface area contributed by atoms with Gasteiger partial charge < -0.3 is 5.32 Å². The lowest BCUT2D eigenvalue weighted by Crippen LogP contribution is -2.01. The minimum absolute atomic E-state index is 0.442. The molecule has 0 fully saturated rings. The fourth-order valence-corrected chi connectivity index (χ4v) is 1.06. The van der Waals surface area contributed by atoms with Gasteiger partial charge in [0.1, 0.15) is 6.07 Å². The van der Waals surface area contributed by atoms with Gasteiger partial charge in [-0.25, -0.2) is 4.98 Å². The third kappa shape index (κ3) is 2.91. The van der Waals surface area contributed by atoms with Gasteiger partial charge in [0.15, 0.2) is 5.69 Å². The number of nitrogens with zero attached hydrogens (tertiary/aromatic N) is 2. The van der Waals surface area contributed by atoms with Crippen molar-refractivity contribution in [2.24, 2.45) is 0 Å². The number of hydrogen-bond donors (Lipinski definition) is 1. The molecular weight excluding hydrogens is 174 g/mol. The van der Waals surface area contributed by atoms with Gasteiger partial charge in [0.25, 0.3) is 0 Å². The molecular formula is C11H13N3. The van der Waals surface area contributed by atoms with Crippen LogP contribution in [0.3, 0.4) is 0 Å². The van der Waals surface area contributed by atoms with Crippen LogP contribution in [-0.4, -0.2) is 11.5 Å². The minimum Gasteiger partial charge on any atom is -0.379 e. The summed E-state index contributed by atoms with van der Waals surface area (Å²) in [4.78, 5) is 3.95. The third-order valence-corrected chi connectivity index (χ3v) is 1.73. The van der Waals surface area contributed by atoms with E-state index in [4.69, 9.17) is 5.26 Å². The number of nitriles is 1. The number of anilines is 1. The number of pyridine rings is 1. The highest BCUT2D eigenvalue weighted by atomic mass is 14.9. The lowest BCUT2D eigenvalue weighted by Gasteiger charge is -2.03. The first-order valence-corrected chi connectivity index (χ1v) is 4.62. The maximum atomic E-state index is 8.75. The summed E-state index contributed by atoms with van der Waals surface area (Å²) in [6.07, 6.45) is 6.76. The van der Waals surface area contributed by atoms with Crippen LogP contribution in [0.1, 0.15) is 19.0 Å². The SMILES string of the molecule is CC/C=C/CNc1cccnc1C#N. The van der Waals surface area contributed by atoms with Crippen molar-refractivity contribution in [2.75, 3.05) is 11.9 Å². The number of hydrogen-bond acceptors (Lipinski definition) is 3. The summed E-state index contributed by atoms with van der Waals surface area (Å²) in [6.45, 7) is 2.81. The zero-order valence-corrected chi connectivity index (χ0v) is 8.20. The van der Waals surface area contributed by atoms with E-state index in [0.717, 1.165) is 18.7 Å². The van der Waals surface area contributed by atoms with E-state index in [0.29, 0.717) is 5.69 Å². The van der Waals surface area contributed by atoms with Crippen LogP contribution in [0.4, 0.5) is 5.69 Å². The maximum Gasteiger partial charge on any atom is 0.163 e. The molecule has 0 unspecified atom stereocenters. The van der Waals surface area contributed by atoms with Crippen molar-refractivity contribution < 1.29 is 0 Å². The molecule has 0 amide bonds. The van der Waals surface area contributed by atoms with E-state index in [9.17, 15) is 0 Å². The van der Waals surface area contributed by atoms with Gasteiger partial charge in [0, 0.05) is 12.7 Å². The zero-order valence-electron chi connectivity index (χ0n) is 8.20. The molecule has 0 atom stereocenters. The van der Waals surface area contributed by atoms with Crippen LogP contribution in [0.2, 0.25) is 0 Å². The molecule has 1 aromatic rings. The van der Waals surface area contributed by atoms with Gasteiger partial charge in [-0.05, 0) is 18.6 Å². The Morgan fingerprint density at radius 2 is 2.43 bits per heavy atom. The van der Waals surface area contributed by atoms with Gasteiger partial charge in [-0.1, -0.05) is 19.1 Å². The Morgan fingerprint density at radius 3 is 3.14 bits per heavy atom. The number of aromatic nitrogens is 1. The van der Waals surface area contributed by atoms with Crippen LogP contribution in [0.25, 0.3) is 0 Å². The van der Waals surface area contributed by atoms with E-state index in [1.165, 1.54) is 0 Å². The monoisotopic (exact) mass is 187 g/mol. The van der Waals surface area contributed by atoms with Crippen molar-refractivity contribution in [2.45, 2.75) is 13.3 Å². The van der Waals surface area contributed by atoms with Crippen LogP contribution in [0, 0.1) is 11.3 Å². The molecule has 1 aromatic heterocycles. The molecule has 1 heterocycles. The third-order valence-electron chi connectivity index (χ3n) is 1.73. The molecule has 0 bridgehead atoms. The van der Waals surface area contributed by atoms with E-state index in [2.05, 4.69) is 23.3 Å². The molecule has 3 nitrogen and oxygen atoms in total. The highest BCUT2D eigenvalue weighted by Gasteiger charge is 1.98. The second-order valence-electron chi connectivity index (χ2n) is 2.77. The average molecular weight is 187 g/mol. The summed E-state index contributed by atoms with van der Waals surface area (Å²) >= 11 is 0. The Hall–Kier alpha value is -1.82. The standard InChI is InChI=1S/C11H13N3/c1-2-3-4-7-13-10-6-5-8-14-11(10)9-12/h3-6,8,13H,2,7H2,1H3/b4-3+. The number of nitrogens with one attached hydrogen (secondary N) is 1. The fourth-order valence-electron chi connectivity index (χ4n) is 1.06. The molecule has 0 spiro atoms. The Morgan fingerprint density at radius 1 is 1.57 bits per heavy atom. The Balaban J connectivity index is 2.59. The molecule has 14 heavy (non-hydrogen) atoms. The minimum atomic E-state index is 0.442. The highest BCUT2D eigenvalue weighted by Crippen LogP contribution is 2.09. The summed E-state index contributed by atoms with van der Waals surface area (Å²) in [5.41, 5.74) is 1.23. The summed E-state index contributed by atoms with van der Waals surface area (Å²) < 4.78 is 0. The topological polar surface area (TPSA) is 48.7 Å². The number of allylic oxidation sites excluding steroid dienone is 1. The highest BCUT2D eigenvalue weighted by molar-refractivity contribution is 5.53. The zero-order chi connectivity index (χ0) is 10.2. The van der Waals surface area contributed by atoms with Crippen LogP contribution in [-0.2, 0) is 0 Å². The van der Waals surface area contributed by atoms with Crippen molar-refractivity contribution in [3.63, 3.8) is 0 Å². The molecule has 0 aromatic carbocycles. The largest absolute Gasteiger partial charge is 0.379 e. The summed E-state index contributed by atoms with van der Waals surface area (Å²) in [5.74, 6) is 0. The average Bonchev–Trinajstić information content (AvgIpc) is 2.25. The molecule has 0 aliphatic rings. The van der Waals surface area contributed by atoms with Gasteiger partial charge in [0.05, 0.1) is 5.69 Å². The Labute approximate surface area is 84.1 Å². The molecule has 0 aliphatic heterocycles. The van der Waals surface area contributed by atoms with Gasteiger partial charge in [-0.15, -0.1) is 0 Å². The Bertz CT molecular complexity index is 350. The lowest BCUT2D eigenvalue weighted by molar-refractivity contribution is 1.19. The Kier molecular flexibility index (Phi) is 4.22. The normalized spacial score (nSPS) is 10.0. The predicted octanol–water partition coefficient (Wildman–Crippen LogP) is 2.33. The molecule has 0 aliphatic carbocycles. The lowest BCUT2D eigenvalue weighted by atomic mass is 10.3. The van der Waals surface area contributed by atoms with Crippen molar-refractivity contribution in [3.8, 4) is 6.07 Å². The first-order chi connectivity index (χ1) is 6.88. The predicted molar refractivity (Wildman–Crippen MR) is 56.9 cm³/mol. The second kappa shape index (κ2) is 5.76. The first kappa shape index (κ1) is 10.3. The van der Waals surface area contributed by atoms with Crippen molar-refractivity contribution in [1.82, 2.24) is 4.98 Å². The summed E-state index contributed by atoms with van der Waals surface area (Å²) in [5, 5.41) is 11.9. The summed E-state index contributed by atoms with van der Waals surface area (Å²) in [6, 6.07) is 5.70. The maximum absolute atomic E-state index is 8.75. The molecule has 3 heteroatoms. The van der Waals surface area contributed by atoms with E-state index in [1.807, 2.05) is 24.3 Å². The van der Waals surface area contributed by atoms with E-state index in [-0.39, 0.29) is 0 Å². The van der Waals surface area contributed by atoms with Gasteiger partial charge in [-0.2, -0.15) is 5.26 Å². The molecule has 1 rings (SSSR count). The molecule has 0 saturated carbocycles. The van der Waals surface area contributed by atoms with E-state index < -0.39 is 0 Å². The fraction of sp³-hybridized carbons (Fsp3) is 0.273. The second-order valence-corrected chi connectivity index (χ2v) is 2.77. The molecule has 1 N–H and O–H groups in total. The molecule has 0 saturated heterocycles. The van der Waals surface area contributed by atoms with Crippen LogP contribution < -0.4 is 5.32 Å². The van der Waals surface area contributed by atoms with Crippen LogP contribution >= 0.6 is 0 Å². The number of rotatable bonds is 4. The molecule has 72 valence electrons. The van der Waals surface area contributed by atoms with Gasteiger partial charge in [0.2, 0.25) is 0 Å².